The van der Waals surface area contributed by atoms with Crippen molar-refractivity contribution >= 4 is 23.7 Å². The van der Waals surface area contributed by atoms with Gasteiger partial charge in [-0.25, -0.2) is 0 Å². The van der Waals surface area contributed by atoms with E-state index in [4.69, 9.17) is 4.74 Å². The maximum atomic E-state index is 12.4. The minimum atomic E-state index is -0.346. The maximum Gasteiger partial charge on any atom is 0.309 e. The van der Waals surface area contributed by atoms with E-state index in [2.05, 4.69) is 5.32 Å². The Morgan fingerprint density at radius 3 is 2.45 bits per heavy atom. The lowest BCUT2D eigenvalue weighted by molar-refractivity contribution is -0.151. The SMILES string of the molecule is CCOC(=O)C1CCN(C(=O)CN(C)C(=O)CNC(=O)c2ccccc2C)CC1. The molecule has 0 unspecified atom stereocenters. The van der Waals surface area contributed by atoms with Gasteiger partial charge in [-0.15, -0.1) is 0 Å². The Morgan fingerprint density at radius 1 is 1.17 bits per heavy atom. The third kappa shape index (κ3) is 6.30. The van der Waals surface area contributed by atoms with E-state index in [1.54, 1.807) is 24.0 Å². The van der Waals surface area contributed by atoms with Crippen LogP contribution in [0, 0.1) is 12.8 Å². The second kappa shape index (κ2) is 10.6. The van der Waals surface area contributed by atoms with Gasteiger partial charge < -0.3 is 19.9 Å². The number of aryl methyl sites for hydroxylation is 1. The molecular weight excluding hydrogens is 374 g/mol. The first-order chi connectivity index (χ1) is 13.8. The highest BCUT2D eigenvalue weighted by Crippen LogP contribution is 2.18. The van der Waals surface area contributed by atoms with Crippen LogP contribution in [0.5, 0.6) is 0 Å². The molecule has 29 heavy (non-hydrogen) atoms. The van der Waals surface area contributed by atoms with Crippen LogP contribution in [0.2, 0.25) is 0 Å². The Kier molecular flexibility index (Phi) is 8.18. The zero-order chi connectivity index (χ0) is 21.4. The van der Waals surface area contributed by atoms with Crippen molar-refractivity contribution in [1.29, 1.82) is 0 Å². The third-order valence-electron chi connectivity index (χ3n) is 5.06. The van der Waals surface area contributed by atoms with Crippen molar-refractivity contribution in [1.82, 2.24) is 15.1 Å². The number of piperidine rings is 1. The molecule has 0 aromatic heterocycles. The number of likely N-dealkylation sites (N-methyl/N-ethyl adjacent to an activating group) is 1. The summed E-state index contributed by atoms with van der Waals surface area (Å²) in [6.07, 6.45) is 1.13. The summed E-state index contributed by atoms with van der Waals surface area (Å²) < 4.78 is 5.03. The van der Waals surface area contributed by atoms with Crippen LogP contribution >= 0.6 is 0 Å². The maximum absolute atomic E-state index is 12.4. The van der Waals surface area contributed by atoms with Gasteiger partial charge in [0, 0.05) is 25.7 Å². The van der Waals surface area contributed by atoms with Gasteiger partial charge in [-0.2, -0.15) is 0 Å². The number of benzene rings is 1. The summed E-state index contributed by atoms with van der Waals surface area (Å²) in [7, 11) is 1.53. The molecule has 3 amide bonds. The van der Waals surface area contributed by atoms with E-state index in [0.29, 0.717) is 38.1 Å². The van der Waals surface area contributed by atoms with E-state index in [1.165, 1.54) is 11.9 Å². The van der Waals surface area contributed by atoms with Crippen molar-refractivity contribution in [2.75, 3.05) is 39.8 Å². The van der Waals surface area contributed by atoms with Gasteiger partial charge in [-0.3, -0.25) is 19.2 Å². The molecule has 1 aliphatic rings. The molecule has 0 radical (unpaired) electrons. The van der Waals surface area contributed by atoms with Gasteiger partial charge in [0.1, 0.15) is 0 Å². The molecule has 1 saturated heterocycles. The summed E-state index contributed by atoms with van der Waals surface area (Å²) in [5, 5.41) is 2.60. The van der Waals surface area contributed by atoms with Crippen LogP contribution in [0.1, 0.15) is 35.7 Å². The highest BCUT2D eigenvalue weighted by Gasteiger charge is 2.29. The van der Waals surface area contributed by atoms with Gasteiger partial charge in [0.05, 0.1) is 25.6 Å². The van der Waals surface area contributed by atoms with Crippen LogP contribution < -0.4 is 5.32 Å². The Balaban J connectivity index is 1.76. The molecule has 8 nitrogen and oxygen atoms in total. The normalized spacial score (nSPS) is 14.2. The van der Waals surface area contributed by atoms with Gasteiger partial charge in [0.25, 0.3) is 5.91 Å². The number of hydrogen-bond donors (Lipinski definition) is 1. The van der Waals surface area contributed by atoms with E-state index in [0.717, 1.165) is 5.56 Å². The number of nitrogens with zero attached hydrogens (tertiary/aromatic N) is 2. The molecule has 0 spiro atoms. The number of hydrogen-bond acceptors (Lipinski definition) is 5. The van der Waals surface area contributed by atoms with Crippen molar-refractivity contribution in [3.8, 4) is 0 Å². The molecule has 1 aliphatic heterocycles. The van der Waals surface area contributed by atoms with Gasteiger partial charge in [-0.05, 0) is 38.3 Å². The van der Waals surface area contributed by atoms with Crippen LogP contribution in [-0.4, -0.2) is 73.3 Å². The van der Waals surface area contributed by atoms with Crippen LogP contribution in [0.15, 0.2) is 24.3 Å². The lowest BCUT2D eigenvalue weighted by Crippen LogP contribution is -2.47. The molecule has 0 aliphatic carbocycles. The Labute approximate surface area is 171 Å². The van der Waals surface area contributed by atoms with E-state index in [1.807, 2.05) is 19.1 Å². The molecule has 1 aromatic rings. The van der Waals surface area contributed by atoms with E-state index < -0.39 is 0 Å². The number of rotatable bonds is 7. The van der Waals surface area contributed by atoms with Crippen molar-refractivity contribution in [2.24, 2.45) is 5.92 Å². The van der Waals surface area contributed by atoms with Crippen LogP contribution in [0.25, 0.3) is 0 Å². The molecule has 0 bridgehead atoms. The molecule has 1 aromatic carbocycles. The monoisotopic (exact) mass is 403 g/mol. The highest BCUT2D eigenvalue weighted by atomic mass is 16.5. The van der Waals surface area contributed by atoms with Crippen LogP contribution in [-0.2, 0) is 19.1 Å². The number of carbonyl (C=O) groups is 4. The van der Waals surface area contributed by atoms with E-state index >= 15 is 0 Å². The first-order valence-electron chi connectivity index (χ1n) is 9.85. The van der Waals surface area contributed by atoms with Crippen molar-refractivity contribution in [3.63, 3.8) is 0 Å². The lowest BCUT2D eigenvalue weighted by atomic mass is 9.97. The summed E-state index contributed by atoms with van der Waals surface area (Å²) >= 11 is 0. The molecule has 1 N–H and O–H groups in total. The minimum absolute atomic E-state index is 0.0663. The van der Waals surface area contributed by atoms with Gasteiger partial charge in [-0.1, -0.05) is 18.2 Å². The minimum Gasteiger partial charge on any atom is -0.466 e. The van der Waals surface area contributed by atoms with E-state index in [-0.39, 0.29) is 42.7 Å². The fourth-order valence-corrected chi connectivity index (χ4v) is 3.23. The number of amides is 3. The second-order valence-electron chi connectivity index (χ2n) is 7.15. The largest absolute Gasteiger partial charge is 0.466 e. The Hall–Kier alpha value is -2.90. The quantitative estimate of drug-likeness (QED) is 0.685. The summed E-state index contributed by atoms with van der Waals surface area (Å²) in [6.45, 7) is 4.64. The van der Waals surface area contributed by atoms with Crippen molar-refractivity contribution < 1.29 is 23.9 Å². The summed E-state index contributed by atoms with van der Waals surface area (Å²) in [5.74, 6) is -1.22. The molecule has 158 valence electrons. The predicted octanol–water partition coefficient (Wildman–Crippen LogP) is 0.985. The van der Waals surface area contributed by atoms with E-state index in [9.17, 15) is 19.2 Å². The number of likely N-dealkylation sites (tertiary alicyclic amines) is 1. The predicted molar refractivity (Wildman–Crippen MR) is 107 cm³/mol. The topological polar surface area (TPSA) is 96.0 Å². The molecule has 0 atom stereocenters. The van der Waals surface area contributed by atoms with Crippen molar-refractivity contribution in [3.05, 3.63) is 35.4 Å². The lowest BCUT2D eigenvalue weighted by Gasteiger charge is -2.32. The molecule has 1 fully saturated rings. The van der Waals surface area contributed by atoms with Gasteiger partial charge >= 0.3 is 5.97 Å². The number of nitrogens with one attached hydrogen (secondary N) is 1. The zero-order valence-corrected chi connectivity index (χ0v) is 17.3. The second-order valence-corrected chi connectivity index (χ2v) is 7.15. The highest BCUT2D eigenvalue weighted by molar-refractivity contribution is 5.97. The van der Waals surface area contributed by atoms with Crippen molar-refractivity contribution in [2.45, 2.75) is 26.7 Å². The Morgan fingerprint density at radius 2 is 1.83 bits per heavy atom. The van der Waals surface area contributed by atoms with Crippen LogP contribution in [0.3, 0.4) is 0 Å². The molecule has 8 heteroatoms. The van der Waals surface area contributed by atoms with Crippen LogP contribution in [0.4, 0.5) is 0 Å². The average molecular weight is 403 g/mol. The molecule has 0 saturated carbocycles. The summed E-state index contributed by atoms with van der Waals surface area (Å²) in [5.41, 5.74) is 1.34. The third-order valence-corrected chi connectivity index (χ3v) is 5.06. The summed E-state index contributed by atoms with van der Waals surface area (Å²) in [6, 6.07) is 7.13. The molecular formula is C21H29N3O5. The Bertz CT molecular complexity index is 756. The number of carbonyl (C=O) groups excluding carboxylic acids is 4. The first kappa shape index (κ1) is 22.4. The number of ether oxygens (including phenoxy) is 1. The fraction of sp³-hybridized carbons (Fsp3) is 0.524. The number of esters is 1. The summed E-state index contributed by atoms with van der Waals surface area (Å²) in [4.78, 5) is 51.7. The van der Waals surface area contributed by atoms with Gasteiger partial charge in [0.15, 0.2) is 0 Å². The molecule has 2 rings (SSSR count). The smallest absolute Gasteiger partial charge is 0.309 e. The first-order valence-corrected chi connectivity index (χ1v) is 9.85. The fourth-order valence-electron chi connectivity index (χ4n) is 3.23. The standard InChI is InChI=1S/C21H29N3O5/c1-4-29-21(28)16-9-11-24(12-10-16)19(26)14-23(3)18(25)13-22-20(27)17-8-6-5-7-15(17)2/h5-8,16H,4,9-14H2,1-3H3,(H,22,27). The average Bonchev–Trinajstić information content (AvgIpc) is 2.72. The molecule has 1 heterocycles. The zero-order valence-electron chi connectivity index (χ0n) is 17.3. The van der Waals surface area contributed by atoms with Gasteiger partial charge in [0.2, 0.25) is 11.8 Å².